The molecule has 3 aromatic carbocycles. The van der Waals surface area contributed by atoms with Gasteiger partial charge in [0.25, 0.3) is 11.6 Å². The van der Waals surface area contributed by atoms with Crippen molar-refractivity contribution >= 4 is 35.0 Å². The minimum atomic E-state index is -0.525. The number of nitrogens with one attached hydrogen (secondary N) is 2. The molecular weight excluding hydrogens is 540 g/mol. The molecule has 10 nitrogen and oxygen atoms in total. The van der Waals surface area contributed by atoms with Crippen molar-refractivity contribution in [2.75, 3.05) is 17.7 Å². The number of hydrogen-bond acceptors (Lipinski definition) is 8. The standard InChI is InChI=1S/C30H30N6O4S/c1-18(2)21-11-13-22(14-12-21)27-26(28(37)32-24-7-5-6-8-25(24)40-4)19(3)31-29-33-30(34-35(27)29)41-17-20-9-15-23(16-10-20)36(38)39/h5-16,18,27H,17H2,1-4H3,(H,32,37)(H,31,33,34). The van der Waals surface area contributed by atoms with Crippen LogP contribution in [-0.4, -0.2) is 32.7 Å². The van der Waals surface area contributed by atoms with E-state index in [0.29, 0.717) is 45.5 Å². The molecule has 0 saturated carbocycles. The summed E-state index contributed by atoms with van der Waals surface area (Å²) in [7, 11) is 1.56. The summed E-state index contributed by atoms with van der Waals surface area (Å²) < 4.78 is 7.18. The summed E-state index contributed by atoms with van der Waals surface area (Å²) in [6.07, 6.45) is 0. The van der Waals surface area contributed by atoms with Gasteiger partial charge in [-0.15, -0.1) is 5.10 Å². The van der Waals surface area contributed by atoms with E-state index in [0.717, 1.165) is 11.1 Å². The monoisotopic (exact) mass is 570 g/mol. The average molecular weight is 571 g/mol. The highest BCUT2D eigenvalue weighted by molar-refractivity contribution is 7.98. The third kappa shape index (κ3) is 5.94. The number of thioether (sulfide) groups is 1. The Morgan fingerprint density at radius 3 is 2.49 bits per heavy atom. The summed E-state index contributed by atoms with van der Waals surface area (Å²) in [6, 6.07) is 21.4. The first-order valence-corrected chi connectivity index (χ1v) is 14.1. The van der Waals surface area contributed by atoms with Gasteiger partial charge in [0.15, 0.2) is 0 Å². The van der Waals surface area contributed by atoms with Crippen molar-refractivity contribution in [2.45, 2.75) is 43.6 Å². The molecule has 210 valence electrons. The van der Waals surface area contributed by atoms with Crippen LogP contribution in [0.5, 0.6) is 5.75 Å². The second kappa shape index (κ2) is 11.8. The number of nitrogens with zero attached hydrogens (tertiary/aromatic N) is 4. The summed E-state index contributed by atoms with van der Waals surface area (Å²) >= 11 is 1.41. The molecule has 1 aliphatic heterocycles. The largest absolute Gasteiger partial charge is 0.495 e. The summed E-state index contributed by atoms with van der Waals surface area (Å²) in [6.45, 7) is 6.13. The Hall–Kier alpha value is -4.64. The smallest absolute Gasteiger partial charge is 0.269 e. The molecule has 41 heavy (non-hydrogen) atoms. The maximum absolute atomic E-state index is 13.8. The van der Waals surface area contributed by atoms with Crippen molar-refractivity contribution in [1.29, 1.82) is 0 Å². The lowest BCUT2D eigenvalue weighted by atomic mass is 9.92. The first-order valence-electron chi connectivity index (χ1n) is 13.1. The number of allylic oxidation sites excluding steroid dienone is 1. The number of aromatic nitrogens is 3. The molecule has 1 atom stereocenters. The van der Waals surface area contributed by atoms with Gasteiger partial charge in [-0.3, -0.25) is 14.9 Å². The van der Waals surface area contributed by atoms with E-state index in [4.69, 9.17) is 14.8 Å². The van der Waals surface area contributed by atoms with Gasteiger partial charge in [-0.05, 0) is 41.7 Å². The van der Waals surface area contributed by atoms with Crippen LogP contribution in [0.25, 0.3) is 0 Å². The van der Waals surface area contributed by atoms with Gasteiger partial charge >= 0.3 is 0 Å². The number of benzene rings is 3. The maximum atomic E-state index is 13.8. The molecule has 11 heteroatoms. The molecule has 0 aliphatic carbocycles. The zero-order valence-corrected chi connectivity index (χ0v) is 23.9. The van der Waals surface area contributed by atoms with Gasteiger partial charge in [-0.25, -0.2) is 4.68 Å². The predicted molar refractivity (Wildman–Crippen MR) is 159 cm³/mol. The SMILES string of the molecule is COc1ccccc1NC(=O)C1=C(C)Nc2nc(SCc3ccc([N+](=O)[O-])cc3)nn2C1c1ccc(C(C)C)cc1. The highest BCUT2D eigenvalue weighted by Crippen LogP contribution is 2.38. The Labute approximate surface area is 242 Å². The van der Waals surface area contributed by atoms with Crippen molar-refractivity contribution in [1.82, 2.24) is 14.8 Å². The fraction of sp³-hybridized carbons (Fsp3) is 0.233. The molecule has 0 spiro atoms. The van der Waals surface area contributed by atoms with E-state index < -0.39 is 11.0 Å². The van der Waals surface area contributed by atoms with Crippen molar-refractivity contribution in [2.24, 2.45) is 0 Å². The summed E-state index contributed by atoms with van der Waals surface area (Å²) in [4.78, 5) is 29.1. The molecule has 0 radical (unpaired) electrons. The van der Waals surface area contributed by atoms with Gasteiger partial charge in [0.05, 0.1) is 23.3 Å². The molecule has 4 aromatic rings. The van der Waals surface area contributed by atoms with Gasteiger partial charge in [0.2, 0.25) is 11.1 Å². The Balaban J connectivity index is 1.47. The zero-order chi connectivity index (χ0) is 29.1. The molecule has 2 N–H and O–H groups in total. The topological polar surface area (TPSA) is 124 Å². The zero-order valence-electron chi connectivity index (χ0n) is 23.1. The number of nitro groups is 1. The molecule has 0 fully saturated rings. The van der Waals surface area contributed by atoms with Crippen LogP contribution in [0.4, 0.5) is 17.3 Å². The highest BCUT2D eigenvalue weighted by atomic mass is 32.2. The van der Waals surface area contributed by atoms with Crippen LogP contribution in [0.1, 0.15) is 49.4 Å². The van der Waals surface area contributed by atoms with E-state index in [-0.39, 0.29) is 11.6 Å². The van der Waals surface area contributed by atoms with Crippen LogP contribution in [0.3, 0.4) is 0 Å². The van der Waals surface area contributed by atoms with E-state index in [9.17, 15) is 14.9 Å². The fourth-order valence-electron chi connectivity index (χ4n) is 4.66. The quantitative estimate of drug-likeness (QED) is 0.132. The summed E-state index contributed by atoms with van der Waals surface area (Å²) in [5.41, 5.74) is 4.80. The van der Waals surface area contributed by atoms with Crippen LogP contribution in [0.15, 0.2) is 89.2 Å². The number of non-ortho nitro benzene ring substituents is 1. The van der Waals surface area contributed by atoms with Crippen molar-refractivity contribution in [3.8, 4) is 5.75 Å². The minimum absolute atomic E-state index is 0.0466. The molecule has 0 bridgehead atoms. The van der Waals surface area contributed by atoms with E-state index in [1.807, 2.05) is 31.2 Å². The first kappa shape index (κ1) is 27.9. The van der Waals surface area contributed by atoms with E-state index >= 15 is 0 Å². The number of para-hydroxylation sites is 2. The lowest BCUT2D eigenvalue weighted by molar-refractivity contribution is -0.384. The van der Waals surface area contributed by atoms with E-state index in [1.54, 1.807) is 36.1 Å². The predicted octanol–water partition coefficient (Wildman–Crippen LogP) is 6.54. The molecule has 0 saturated heterocycles. The normalized spacial score (nSPS) is 14.4. The fourth-order valence-corrected chi connectivity index (χ4v) is 5.44. The molecule has 1 aliphatic rings. The lowest BCUT2D eigenvalue weighted by Crippen LogP contribution is -2.31. The molecule has 1 unspecified atom stereocenters. The number of carbonyl (C=O) groups excluding carboxylic acids is 1. The molecule has 5 rings (SSSR count). The average Bonchev–Trinajstić information content (AvgIpc) is 3.38. The Kier molecular flexibility index (Phi) is 8.06. The summed E-state index contributed by atoms with van der Waals surface area (Å²) in [5, 5.41) is 22.6. The van der Waals surface area contributed by atoms with E-state index in [1.165, 1.54) is 29.5 Å². The number of anilines is 2. The molecule has 1 amide bonds. The number of carbonyl (C=O) groups is 1. The first-order chi connectivity index (χ1) is 19.7. The van der Waals surface area contributed by atoms with Crippen molar-refractivity contribution in [3.63, 3.8) is 0 Å². The number of nitro benzene ring substituents is 1. The van der Waals surface area contributed by atoms with Crippen molar-refractivity contribution in [3.05, 3.63) is 111 Å². The van der Waals surface area contributed by atoms with E-state index in [2.05, 4.69) is 36.6 Å². The van der Waals surface area contributed by atoms with Crippen LogP contribution < -0.4 is 15.4 Å². The van der Waals surface area contributed by atoms with Gasteiger partial charge in [0.1, 0.15) is 11.8 Å². The van der Waals surface area contributed by atoms with Crippen LogP contribution >= 0.6 is 11.8 Å². The number of ether oxygens (including phenoxy) is 1. The van der Waals surface area contributed by atoms with Crippen molar-refractivity contribution < 1.29 is 14.5 Å². The van der Waals surface area contributed by atoms with Gasteiger partial charge in [-0.1, -0.05) is 74.1 Å². The molecular formula is C30H30N6O4S. The third-order valence-corrected chi connectivity index (χ3v) is 7.78. The number of amides is 1. The van der Waals surface area contributed by atoms with Crippen LogP contribution in [-0.2, 0) is 10.5 Å². The highest BCUT2D eigenvalue weighted by Gasteiger charge is 2.34. The minimum Gasteiger partial charge on any atom is -0.495 e. The number of fused-ring (bicyclic) bond motifs is 1. The van der Waals surface area contributed by atoms with Crippen LogP contribution in [0, 0.1) is 10.1 Å². The Morgan fingerprint density at radius 2 is 1.83 bits per heavy atom. The Morgan fingerprint density at radius 1 is 1.12 bits per heavy atom. The molecule has 1 aromatic heterocycles. The van der Waals surface area contributed by atoms with Gasteiger partial charge in [0, 0.05) is 23.6 Å². The second-order valence-electron chi connectivity index (χ2n) is 9.92. The number of rotatable bonds is 9. The number of hydrogen-bond donors (Lipinski definition) is 2. The lowest BCUT2D eigenvalue weighted by Gasteiger charge is -2.29. The van der Waals surface area contributed by atoms with Gasteiger partial charge in [-0.2, -0.15) is 4.98 Å². The van der Waals surface area contributed by atoms with Crippen LogP contribution in [0.2, 0.25) is 0 Å². The third-order valence-electron chi connectivity index (χ3n) is 6.87. The summed E-state index contributed by atoms with van der Waals surface area (Å²) in [5.74, 6) is 1.71. The Bertz CT molecular complexity index is 1610. The van der Waals surface area contributed by atoms with Gasteiger partial charge < -0.3 is 15.4 Å². The number of methoxy groups -OCH3 is 1. The second-order valence-corrected chi connectivity index (χ2v) is 10.9. The molecule has 2 heterocycles. The maximum Gasteiger partial charge on any atom is 0.269 e.